The molecule has 2 aliphatic rings. The van der Waals surface area contributed by atoms with Crippen LogP contribution in [0.3, 0.4) is 0 Å². The highest BCUT2D eigenvalue weighted by Crippen LogP contribution is 2.49. The van der Waals surface area contributed by atoms with Crippen molar-refractivity contribution in [3.8, 4) is 0 Å². The third kappa shape index (κ3) is 1.19. The van der Waals surface area contributed by atoms with E-state index in [1.807, 2.05) is 0 Å². The number of nitrogens with two attached hydrogens (primary N) is 1. The summed E-state index contributed by atoms with van der Waals surface area (Å²) in [7, 11) is 0. The molecule has 2 atom stereocenters. The lowest BCUT2D eigenvalue weighted by Crippen LogP contribution is -2.03. The fraction of sp³-hybridized carbons (Fsp3) is 0.538. The molecular weight excluding hydrogens is 170 g/mol. The van der Waals surface area contributed by atoms with E-state index in [-0.39, 0.29) is 0 Å². The zero-order chi connectivity index (χ0) is 9.54. The Bertz CT molecular complexity index is 356. The van der Waals surface area contributed by atoms with Crippen LogP contribution in [0.1, 0.15) is 35.4 Å². The minimum atomic E-state index is 0.780. The lowest BCUT2D eigenvalue weighted by molar-refractivity contribution is 0.803. The minimum absolute atomic E-state index is 0.780. The molecule has 74 valence electrons. The third-order valence-corrected chi connectivity index (χ3v) is 3.81. The van der Waals surface area contributed by atoms with E-state index in [9.17, 15) is 0 Å². The van der Waals surface area contributed by atoms with Gasteiger partial charge in [0, 0.05) is 0 Å². The Hall–Kier alpha value is -0.820. The highest BCUT2D eigenvalue weighted by Gasteiger charge is 2.38. The molecule has 1 aromatic rings. The minimum Gasteiger partial charge on any atom is -0.330 e. The summed E-state index contributed by atoms with van der Waals surface area (Å²) in [5, 5.41) is 0. The van der Waals surface area contributed by atoms with Crippen LogP contribution in [0.15, 0.2) is 18.2 Å². The normalized spacial score (nSPS) is 28.9. The first-order chi connectivity index (χ1) is 6.90. The number of fused-ring (bicyclic) bond motifs is 1. The van der Waals surface area contributed by atoms with E-state index in [2.05, 4.69) is 18.2 Å². The second-order valence-electron chi connectivity index (χ2n) is 4.68. The monoisotopic (exact) mass is 187 g/mol. The molecule has 14 heavy (non-hydrogen) atoms. The standard InChI is InChI=1S/C13H17N/c14-8-10-7-13(10)12-6-2-4-9-3-1-5-11(9)12/h2,4,6,10,13H,1,3,5,7-8,14H2/t10-,13?/m0/s1. The molecule has 0 radical (unpaired) electrons. The van der Waals surface area contributed by atoms with E-state index in [0.717, 1.165) is 18.4 Å². The summed E-state index contributed by atoms with van der Waals surface area (Å²) in [5.74, 6) is 1.58. The van der Waals surface area contributed by atoms with Crippen molar-refractivity contribution in [2.75, 3.05) is 6.54 Å². The molecule has 3 rings (SSSR count). The van der Waals surface area contributed by atoms with E-state index in [0.29, 0.717) is 0 Å². The Labute approximate surface area is 85.3 Å². The smallest absolute Gasteiger partial charge is 0.00428 e. The lowest BCUT2D eigenvalue weighted by atomic mass is 9.99. The van der Waals surface area contributed by atoms with Crippen LogP contribution in [-0.4, -0.2) is 6.54 Å². The topological polar surface area (TPSA) is 26.0 Å². The molecule has 1 aromatic carbocycles. The quantitative estimate of drug-likeness (QED) is 0.755. The molecule has 1 nitrogen and oxygen atoms in total. The second kappa shape index (κ2) is 3.09. The molecular formula is C13H17N. The fourth-order valence-corrected chi connectivity index (χ4v) is 2.89. The summed E-state index contributed by atoms with van der Waals surface area (Å²) in [6.45, 7) is 0.869. The van der Waals surface area contributed by atoms with Crippen LogP contribution < -0.4 is 5.73 Å². The number of hydrogen-bond acceptors (Lipinski definition) is 1. The molecule has 0 aliphatic heterocycles. The largest absolute Gasteiger partial charge is 0.330 e. The zero-order valence-electron chi connectivity index (χ0n) is 8.50. The van der Waals surface area contributed by atoms with Gasteiger partial charge in [0.25, 0.3) is 0 Å². The van der Waals surface area contributed by atoms with E-state index < -0.39 is 0 Å². The van der Waals surface area contributed by atoms with Crippen molar-refractivity contribution in [1.29, 1.82) is 0 Å². The number of aryl methyl sites for hydroxylation is 1. The first-order valence-corrected chi connectivity index (χ1v) is 5.71. The third-order valence-electron chi connectivity index (χ3n) is 3.81. The number of hydrogen-bond donors (Lipinski definition) is 1. The summed E-state index contributed by atoms with van der Waals surface area (Å²) < 4.78 is 0. The maximum atomic E-state index is 5.71. The van der Waals surface area contributed by atoms with Crippen molar-refractivity contribution in [3.63, 3.8) is 0 Å². The van der Waals surface area contributed by atoms with Gasteiger partial charge in [0.05, 0.1) is 0 Å². The summed E-state index contributed by atoms with van der Waals surface area (Å²) in [6.07, 6.45) is 5.28. The lowest BCUT2D eigenvalue weighted by Gasteiger charge is -2.07. The molecule has 0 saturated heterocycles. The van der Waals surface area contributed by atoms with Gasteiger partial charge in [-0.2, -0.15) is 0 Å². The average molecular weight is 187 g/mol. The van der Waals surface area contributed by atoms with Gasteiger partial charge in [0.15, 0.2) is 0 Å². The van der Waals surface area contributed by atoms with Crippen molar-refractivity contribution in [2.24, 2.45) is 11.7 Å². The predicted octanol–water partition coefficient (Wildman–Crippen LogP) is 2.24. The SMILES string of the molecule is NC[C@@H]1CC1c1cccc2c1CCC2. The molecule has 0 spiro atoms. The molecule has 2 aliphatic carbocycles. The van der Waals surface area contributed by atoms with Crippen molar-refractivity contribution < 1.29 is 0 Å². The van der Waals surface area contributed by atoms with Crippen molar-refractivity contribution in [2.45, 2.75) is 31.6 Å². The molecule has 1 unspecified atom stereocenters. The van der Waals surface area contributed by atoms with Gasteiger partial charge >= 0.3 is 0 Å². The number of benzene rings is 1. The van der Waals surface area contributed by atoms with Crippen LogP contribution in [0.25, 0.3) is 0 Å². The fourth-order valence-electron chi connectivity index (χ4n) is 2.89. The van der Waals surface area contributed by atoms with Gasteiger partial charge in [0.1, 0.15) is 0 Å². The maximum Gasteiger partial charge on any atom is -0.00428 e. The van der Waals surface area contributed by atoms with Crippen LogP contribution in [0.4, 0.5) is 0 Å². The van der Waals surface area contributed by atoms with Crippen molar-refractivity contribution in [3.05, 3.63) is 34.9 Å². The van der Waals surface area contributed by atoms with Crippen molar-refractivity contribution >= 4 is 0 Å². The van der Waals surface area contributed by atoms with Crippen LogP contribution in [0.5, 0.6) is 0 Å². The Balaban J connectivity index is 1.95. The zero-order valence-corrected chi connectivity index (χ0v) is 8.50. The van der Waals surface area contributed by atoms with E-state index in [1.165, 1.54) is 25.7 Å². The predicted molar refractivity (Wildman–Crippen MR) is 58.4 cm³/mol. The average Bonchev–Trinajstić information content (AvgIpc) is 2.85. The van der Waals surface area contributed by atoms with Gasteiger partial charge in [-0.1, -0.05) is 18.2 Å². The molecule has 0 heterocycles. The molecule has 1 heteroatoms. The maximum absolute atomic E-state index is 5.71. The Morgan fingerprint density at radius 2 is 2.21 bits per heavy atom. The van der Waals surface area contributed by atoms with Gasteiger partial charge in [-0.05, 0) is 60.8 Å². The highest BCUT2D eigenvalue weighted by atomic mass is 14.6. The van der Waals surface area contributed by atoms with Gasteiger partial charge < -0.3 is 5.73 Å². The van der Waals surface area contributed by atoms with E-state index >= 15 is 0 Å². The van der Waals surface area contributed by atoms with Crippen LogP contribution in [0, 0.1) is 5.92 Å². The molecule has 0 bridgehead atoms. The molecule has 0 amide bonds. The summed E-state index contributed by atoms with van der Waals surface area (Å²) >= 11 is 0. The molecule has 0 aromatic heterocycles. The summed E-state index contributed by atoms with van der Waals surface area (Å²) in [5.41, 5.74) is 10.6. The van der Waals surface area contributed by atoms with Gasteiger partial charge in [-0.15, -0.1) is 0 Å². The van der Waals surface area contributed by atoms with Gasteiger partial charge in [0.2, 0.25) is 0 Å². The van der Waals surface area contributed by atoms with Crippen molar-refractivity contribution in [1.82, 2.24) is 0 Å². The van der Waals surface area contributed by atoms with E-state index in [4.69, 9.17) is 5.73 Å². The number of rotatable bonds is 2. The Kier molecular flexibility index (Phi) is 1.88. The second-order valence-corrected chi connectivity index (χ2v) is 4.68. The molecule has 2 N–H and O–H groups in total. The van der Waals surface area contributed by atoms with Crippen LogP contribution >= 0.6 is 0 Å². The van der Waals surface area contributed by atoms with Gasteiger partial charge in [-0.25, -0.2) is 0 Å². The van der Waals surface area contributed by atoms with Crippen LogP contribution in [0.2, 0.25) is 0 Å². The van der Waals surface area contributed by atoms with E-state index in [1.54, 1.807) is 16.7 Å². The first kappa shape index (κ1) is 8.49. The molecule has 1 fully saturated rings. The van der Waals surface area contributed by atoms with Gasteiger partial charge in [-0.3, -0.25) is 0 Å². The summed E-state index contributed by atoms with van der Waals surface area (Å²) in [6, 6.07) is 6.85. The highest BCUT2D eigenvalue weighted by molar-refractivity contribution is 5.42. The first-order valence-electron chi connectivity index (χ1n) is 5.71. The molecule has 1 saturated carbocycles. The summed E-state index contributed by atoms with van der Waals surface area (Å²) in [4.78, 5) is 0. The Morgan fingerprint density at radius 3 is 3.00 bits per heavy atom. The Morgan fingerprint density at radius 1 is 1.29 bits per heavy atom. The van der Waals surface area contributed by atoms with Crippen LogP contribution in [-0.2, 0) is 12.8 Å².